The number of imide groups is 1. The maximum Gasteiger partial charge on any atom is 0.327 e. The van der Waals surface area contributed by atoms with Crippen LogP contribution < -0.4 is 0 Å². The van der Waals surface area contributed by atoms with Crippen molar-refractivity contribution in [3.05, 3.63) is 95.3 Å². The van der Waals surface area contributed by atoms with Gasteiger partial charge in [-0.05, 0) is 55.0 Å². The molecule has 4 aromatic rings. The van der Waals surface area contributed by atoms with E-state index in [2.05, 4.69) is 16.0 Å². The van der Waals surface area contributed by atoms with E-state index < -0.39 is 5.54 Å². The average molecular weight is 526 g/mol. The minimum atomic E-state index is -0.786. The summed E-state index contributed by atoms with van der Waals surface area (Å²) in [5, 5.41) is 1.09. The molecule has 1 spiro atoms. The Hall–Kier alpha value is -3.62. The van der Waals surface area contributed by atoms with Crippen LogP contribution in [0.1, 0.15) is 35.4 Å². The zero-order valence-electron chi connectivity index (χ0n) is 21.3. The Balaban J connectivity index is 1.18. The summed E-state index contributed by atoms with van der Waals surface area (Å²) in [7, 11) is 0. The third-order valence-corrected chi connectivity index (χ3v) is 8.78. The third kappa shape index (κ3) is 4.81. The minimum Gasteiger partial charge on any atom is -0.305 e. The summed E-state index contributed by atoms with van der Waals surface area (Å²) in [5.74, 6) is -0.0377. The van der Waals surface area contributed by atoms with Crippen LogP contribution in [0, 0.1) is 0 Å². The fourth-order valence-corrected chi connectivity index (χ4v) is 6.71. The Morgan fingerprint density at radius 3 is 2.39 bits per heavy atom. The standard InChI is InChI=1S/C30H31N5O2S/c36-28-30(14-18-33(19-15-30)22-27-32-25-12-4-5-13-26(25)38-27)35(21-24-8-2-1-3-9-24)29(37)34(28)17-7-11-23-10-6-16-31-20-23/h1-6,8-10,12-13,16,20H,7,11,14-15,17-19,21-22H2. The van der Waals surface area contributed by atoms with E-state index in [0.29, 0.717) is 25.9 Å². The van der Waals surface area contributed by atoms with Gasteiger partial charge in [-0.1, -0.05) is 48.5 Å². The number of urea groups is 1. The first-order chi connectivity index (χ1) is 18.6. The maximum atomic E-state index is 13.9. The van der Waals surface area contributed by atoms with Crippen LogP contribution in [0.25, 0.3) is 10.2 Å². The number of benzene rings is 2. The molecule has 0 radical (unpaired) electrons. The number of carbonyl (C=O) groups excluding carboxylic acids is 2. The molecule has 38 heavy (non-hydrogen) atoms. The van der Waals surface area contributed by atoms with Crippen molar-refractivity contribution >= 4 is 33.5 Å². The molecule has 2 saturated heterocycles. The van der Waals surface area contributed by atoms with Crippen LogP contribution in [0.15, 0.2) is 79.1 Å². The Bertz CT molecular complexity index is 1380. The molecule has 7 nitrogen and oxygen atoms in total. The van der Waals surface area contributed by atoms with Crippen LogP contribution in [0.2, 0.25) is 0 Å². The number of aryl methyl sites for hydroxylation is 1. The number of hydrogen-bond donors (Lipinski definition) is 0. The van der Waals surface area contributed by atoms with Crippen LogP contribution in [0.5, 0.6) is 0 Å². The first kappa shape index (κ1) is 24.7. The van der Waals surface area contributed by atoms with Gasteiger partial charge in [0.25, 0.3) is 5.91 Å². The zero-order valence-corrected chi connectivity index (χ0v) is 22.1. The highest BCUT2D eigenvalue weighted by Crippen LogP contribution is 2.39. The molecule has 194 valence electrons. The molecule has 3 amide bonds. The van der Waals surface area contributed by atoms with Gasteiger partial charge in [-0.3, -0.25) is 19.6 Å². The van der Waals surface area contributed by atoms with Crippen molar-refractivity contribution in [2.24, 2.45) is 0 Å². The van der Waals surface area contributed by atoms with E-state index in [-0.39, 0.29) is 11.9 Å². The average Bonchev–Trinajstić information content (AvgIpc) is 3.44. The zero-order chi connectivity index (χ0) is 26.0. The molecule has 2 aromatic heterocycles. The number of likely N-dealkylation sites (tertiary alicyclic amines) is 1. The number of nitrogens with zero attached hydrogens (tertiary/aromatic N) is 5. The van der Waals surface area contributed by atoms with Gasteiger partial charge >= 0.3 is 6.03 Å². The lowest BCUT2D eigenvalue weighted by molar-refractivity contribution is -0.136. The Kier molecular flexibility index (Phi) is 6.91. The first-order valence-corrected chi connectivity index (χ1v) is 14.1. The summed E-state index contributed by atoms with van der Waals surface area (Å²) in [6.45, 7) is 3.15. The summed E-state index contributed by atoms with van der Waals surface area (Å²) in [6, 6.07) is 22.0. The van der Waals surface area contributed by atoms with Crippen molar-refractivity contribution in [2.45, 2.75) is 44.3 Å². The van der Waals surface area contributed by atoms with Crippen LogP contribution in [-0.4, -0.2) is 61.8 Å². The predicted octanol–water partition coefficient (Wildman–Crippen LogP) is 5.12. The van der Waals surface area contributed by atoms with E-state index in [9.17, 15) is 9.59 Å². The summed E-state index contributed by atoms with van der Waals surface area (Å²) in [6.07, 6.45) is 6.38. The quantitative estimate of drug-likeness (QED) is 0.299. The van der Waals surface area contributed by atoms with E-state index in [0.717, 1.165) is 54.1 Å². The van der Waals surface area contributed by atoms with Gasteiger partial charge < -0.3 is 4.90 Å². The van der Waals surface area contributed by atoms with Gasteiger partial charge in [0.1, 0.15) is 10.5 Å². The molecule has 0 aliphatic carbocycles. The van der Waals surface area contributed by atoms with Crippen molar-refractivity contribution in [1.82, 2.24) is 24.7 Å². The van der Waals surface area contributed by atoms with Gasteiger partial charge in [0.05, 0.1) is 16.8 Å². The van der Waals surface area contributed by atoms with E-state index in [4.69, 9.17) is 4.98 Å². The molecule has 0 N–H and O–H groups in total. The van der Waals surface area contributed by atoms with E-state index in [1.807, 2.05) is 71.8 Å². The lowest BCUT2D eigenvalue weighted by Gasteiger charge is -2.42. The van der Waals surface area contributed by atoms with Crippen LogP contribution in [-0.2, 0) is 24.3 Å². The fraction of sp³-hybridized carbons (Fsp3) is 0.333. The van der Waals surface area contributed by atoms with Crippen molar-refractivity contribution in [2.75, 3.05) is 19.6 Å². The van der Waals surface area contributed by atoms with Crippen LogP contribution >= 0.6 is 11.3 Å². The first-order valence-electron chi connectivity index (χ1n) is 13.3. The Morgan fingerprint density at radius 2 is 1.63 bits per heavy atom. The van der Waals surface area contributed by atoms with Gasteiger partial charge in [0.2, 0.25) is 0 Å². The summed E-state index contributed by atoms with van der Waals surface area (Å²) in [4.78, 5) is 42.3. The number of rotatable bonds is 8. The molecule has 0 bridgehead atoms. The molecule has 2 aromatic carbocycles. The Morgan fingerprint density at radius 1 is 0.868 bits per heavy atom. The largest absolute Gasteiger partial charge is 0.327 e. The molecule has 2 aliphatic rings. The molecule has 8 heteroatoms. The number of fused-ring (bicyclic) bond motifs is 1. The smallest absolute Gasteiger partial charge is 0.305 e. The second-order valence-corrected chi connectivity index (χ2v) is 11.3. The number of thiazole rings is 1. The number of para-hydroxylation sites is 1. The summed E-state index contributed by atoms with van der Waals surface area (Å²) < 4.78 is 1.20. The highest BCUT2D eigenvalue weighted by molar-refractivity contribution is 7.18. The number of carbonyl (C=O) groups is 2. The number of hydrogen-bond acceptors (Lipinski definition) is 6. The third-order valence-electron chi connectivity index (χ3n) is 7.76. The highest BCUT2D eigenvalue weighted by Gasteiger charge is 2.57. The summed E-state index contributed by atoms with van der Waals surface area (Å²) in [5.41, 5.74) is 2.41. The second-order valence-electron chi connectivity index (χ2n) is 10.2. The van der Waals surface area contributed by atoms with Crippen LogP contribution in [0.3, 0.4) is 0 Å². The normalized spacial score (nSPS) is 17.7. The molecule has 0 saturated carbocycles. The molecular formula is C30H31N5O2S. The molecule has 4 heterocycles. The lowest BCUT2D eigenvalue weighted by atomic mass is 9.85. The number of aromatic nitrogens is 2. The van der Waals surface area contributed by atoms with Crippen molar-refractivity contribution in [1.29, 1.82) is 0 Å². The Labute approximate surface area is 226 Å². The molecule has 2 aliphatic heterocycles. The number of amides is 3. The monoisotopic (exact) mass is 525 g/mol. The van der Waals surface area contributed by atoms with Gasteiger partial charge in [0, 0.05) is 38.6 Å². The topological polar surface area (TPSA) is 69.6 Å². The number of pyridine rings is 1. The van der Waals surface area contributed by atoms with Gasteiger partial charge in [-0.25, -0.2) is 9.78 Å². The molecule has 0 atom stereocenters. The maximum absolute atomic E-state index is 13.9. The predicted molar refractivity (Wildman–Crippen MR) is 149 cm³/mol. The molecule has 6 rings (SSSR count). The number of piperidine rings is 1. The van der Waals surface area contributed by atoms with Crippen molar-refractivity contribution in [3.8, 4) is 0 Å². The molecule has 0 unspecified atom stereocenters. The van der Waals surface area contributed by atoms with Gasteiger partial charge in [-0.2, -0.15) is 0 Å². The minimum absolute atomic E-state index is 0.0377. The second kappa shape index (κ2) is 10.6. The van der Waals surface area contributed by atoms with Crippen molar-refractivity contribution < 1.29 is 9.59 Å². The van der Waals surface area contributed by atoms with Crippen LogP contribution in [0.4, 0.5) is 4.79 Å². The van der Waals surface area contributed by atoms with Crippen molar-refractivity contribution in [3.63, 3.8) is 0 Å². The molecular weight excluding hydrogens is 494 g/mol. The van der Waals surface area contributed by atoms with Gasteiger partial charge in [0.15, 0.2) is 0 Å². The van der Waals surface area contributed by atoms with E-state index >= 15 is 0 Å². The fourth-order valence-electron chi connectivity index (χ4n) is 5.70. The highest BCUT2D eigenvalue weighted by atomic mass is 32.1. The van der Waals surface area contributed by atoms with Gasteiger partial charge in [-0.15, -0.1) is 11.3 Å². The molecule has 2 fully saturated rings. The lowest BCUT2D eigenvalue weighted by Crippen LogP contribution is -2.56. The summed E-state index contributed by atoms with van der Waals surface area (Å²) >= 11 is 1.73. The van der Waals surface area contributed by atoms with E-state index in [1.54, 1.807) is 17.5 Å². The SMILES string of the molecule is O=C1N(CCCc2cccnc2)C(=O)C2(CCN(Cc3nc4ccccc4s3)CC2)N1Cc1ccccc1. The van der Waals surface area contributed by atoms with E-state index in [1.165, 1.54) is 9.60 Å².